The molecule has 0 spiro atoms. The quantitative estimate of drug-likeness (QED) is 0.827. The molecule has 2 heterocycles. The summed E-state index contributed by atoms with van der Waals surface area (Å²) in [5.74, 6) is -0.0861. The van der Waals surface area contributed by atoms with Crippen LogP contribution in [0.25, 0.3) is 0 Å². The molecule has 2 aromatic rings. The van der Waals surface area contributed by atoms with Gasteiger partial charge >= 0.3 is 0 Å². The number of pyridine rings is 1. The van der Waals surface area contributed by atoms with E-state index in [4.69, 9.17) is 4.74 Å². The van der Waals surface area contributed by atoms with Crippen LogP contribution < -0.4 is 15.5 Å². The van der Waals surface area contributed by atoms with E-state index in [0.717, 1.165) is 56.2 Å². The molecule has 4 rings (SSSR count). The molecule has 2 aliphatic rings. The van der Waals surface area contributed by atoms with E-state index in [2.05, 4.69) is 32.7 Å². The highest BCUT2D eigenvalue weighted by Gasteiger charge is 2.18. The van der Waals surface area contributed by atoms with E-state index in [1.165, 1.54) is 19.3 Å². The summed E-state index contributed by atoms with van der Waals surface area (Å²) < 4.78 is 5.47. The highest BCUT2D eigenvalue weighted by molar-refractivity contribution is 5.93. The average Bonchev–Trinajstić information content (AvgIpc) is 2.76. The smallest absolute Gasteiger partial charge is 0.270 e. The zero-order chi connectivity index (χ0) is 19.2. The van der Waals surface area contributed by atoms with E-state index >= 15 is 0 Å². The Morgan fingerprint density at radius 1 is 1.07 bits per heavy atom. The van der Waals surface area contributed by atoms with Crippen LogP contribution in [0.5, 0.6) is 0 Å². The van der Waals surface area contributed by atoms with Crippen LogP contribution in [0.3, 0.4) is 0 Å². The average molecular weight is 380 g/mol. The Bertz CT molecular complexity index is 799. The topological polar surface area (TPSA) is 66.5 Å². The second-order valence-corrected chi connectivity index (χ2v) is 7.48. The molecular formula is C22H28N4O2. The SMILES string of the molecule is O=C(NC1CCCCC1)c1cc(Nc2ccccc2N2CCOCC2)ccn1. The van der Waals surface area contributed by atoms with E-state index in [-0.39, 0.29) is 11.9 Å². The van der Waals surface area contributed by atoms with E-state index in [1.54, 1.807) is 6.20 Å². The minimum atomic E-state index is -0.0861. The number of hydrogen-bond acceptors (Lipinski definition) is 5. The molecule has 1 saturated carbocycles. The van der Waals surface area contributed by atoms with Crippen molar-refractivity contribution >= 4 is 23.0 Å². The van der Waals surface area contributed by atoms with Gasteiger partial charge in [0.1, 0.15) is 5.69 Å². The van der Waals surface area contributed by atoms with Gasteiger partial charge in [-0.2, -0.15) is 0 Å². The fourth-order valence-electron chi connectivity index (χ4n) is 3.95. The Labute approximate surface area is 166 Å². The summed E-state index contributed by atoms with van der Waals surface area (Å²) in [5, 5.41) is 6.60. The van der Waals surface area contributed by atoms with Crippen molar-refractivity contribution < 1.29 is 9.53 Å². The van der Waals surface area contributed by atoms with Crippen molar-refractivity contribution in [2.75, 3.05) is 36.5 Å². The van der Waals surface area contributed by atoms with Crippen molar-refractivity contribution in [3.63, 3.8) is 0 Å². The number of rotatable bonds is 5. The van der Waals surface area contributed by atoms with Crippen LogP contribution in [0.1, 0.15) is 42.6 Å². The van der Waals surface area contributed by atoms with Gasteiger partial charge in [0, 0.05) is 31.0 Å². The summed E-state index contributed by atoms with van der Waals surface area (Å²) in [4.78, 5) is 19.2. The third-order valence-corrected chi connectivity index (χ3v) is 5.47. The van der Waals surface area contributed by atoms with Crippen molar-refractivity contribution in [2.45, 2.75) is 38.1 Å². The van der Waals surface area contributed by atoms with Crippen molar-refractivity contribution in [1.29, 1.82) is 0 Å². The maximum Gasteiger partial charge on any atom is 0.270 e. The molecular weight excluding hydrogens is 352 g/mol. The van der Waals surface area contributed by atoms with Crippen molar-refractivity contribution in [2.24, 2.45) is 0 Å². The predicted molar refractivity (Wildman–Crippen MR) is 111 cm³/mol. The Kier molecular flexibility index (Phi) is 6.07. The van der Waals surface area contributed by atoms with Gasteiger partial charge in [0.05, 0.1) is 24.6 Å². The van der Waals surface area contributed by atoms with Gasteiger partial charge in [-0.25, -0.2) is 0 Å². The van der Waals surface area contributed by atoms with E-state index in [0.29, 0.717) is 5.69 Å². The number of para-hydroxylation sites is 2. The van der Waals surface area contributed by atoms with Gasteiger partial charge < -0.3 is 20.3 Å². The van der Waals surface area contributed by atoms with Gasteiger partial charge in [0.2, 0.25) is 0 Å². The molecule has 1 amide bonds. The molecule has 6 heteroatoms. The lowest BCUT2D eigenvalue weighted by molar-refractivity contribution is 0.0922. The monoisotopic (exact) mass is 380 g/mol. The van der Waals surface area contributed by atoms with Crippen LogP contribution in [-0.4, -0.2) is 43.2 Å². The molecule has 0 atom stereocenters. The number of carbonyl (C=O) groups excluding carboxylic acids is 1. The number of hydrogen-bond donors (Lipinski definition) is 2. The lowest BCUT2D eigenvalue weighted by Gasteiger charge is -2.30. The van der Waals surface area contributed by atoms with Crippen LogP contribution in [0.15, 0.2) is 42.6 Å². The van der Waals surface area contributed by atoms with Crippen molar-refractivity contribution in [3.05, 3.63) is 48.3 Å². The Morgan fingerprint density at radius 2 is 1.86 bits per heavy atom. The first-order valence-corrected chi connectivity index (χ1v) is 10.3. The number of nitrogens with zero attached hydrogens (tertiary/aromatic N) is 2. The number of morpholine rings is 1. The number of amides is 1. The van der Waals surface area contributed by atoms with E-state index in [1.807, 2.05) is 24.3 Å². The fourth-order valence-corrected chi connectivity index (χ4v) is 3.95. The second kappa shape index (κ2) is 9.06. The molecule has 2 N–H and O–H groups in total. The minimum Gasteiger partial charge on any atom is -0.378 e. The molecule has 0 unspecified atom stereocenters. The number of anilines is 3. The summed E-state index contributed by atoms with van der Waals surface area (Å²) >= 11 is 0. The number of carbonyl (C=O) groups is 1. The molecule has 0 bridgehead atoms. The zero-order valence-electron chi connectivity index (χ0n) is 16.2. The molecule has 6 nitrogen and oxygen atoms in total. The first kappa shape index (κ1) is 18.7. The second-order valence-electron chi connectivity index (χ2n) is 7.48. The van der Waals surface area contributed by atoms with Crippen LogP contribution in [-0.2, 0) is 4.74 Å². The lowest BCUT2D eigenvalue weighted by Crippen LogP contribution is -2.36. The van der Waals surface area contributed by atoms with Crippen LogP contribution in [0, 0.1) is 0 Å². The zero-order valence-corrected chi connectivity index (χ0v) is 16.2. The van der Waals surface area contributed by atoms with Crippen LogP contribution in [0.2, 0.25) is 0 Å². The Hall–Kier alpha value is -2.60. The molecule has 0 radical (unpaired) electrons. The van der Waals surface area contributed by atoms with Gasteiger partial charge in [-0.1, -0.05) is 31.4 Å². The molecule has 1 aromatic carbocycles. The normalized spacial score (nSPS) is 17.9. The maximum atomic E-state index is 12.6. The number of benzene rings is 1. The standard InChI is InChI=1S/C22H28N4O2/c27-22(25-17-6-2-1-3-7-17)20-16-18(10-11-23-20)24-19-8-4-5-9-21(19)26-12-14-28-15-13-26/h4-5,8-11,16-17H,1-3,6-7,12-15H2,(H,23,24)(H,25,27). The summed E-state index contributed by atoms with van der Waals surface area (Å²) in [5.41, 5.74) is 3.49. The van der Waals surface area contributed by atoms with E-state index < -0.39 is 0 Å². The van der Waals surface area contributed by atoms with Gasteiger partial charge in [0.15, 0.2) is 0 Å². The highest BCUT2D eigenvalue weighted by atomic mass is 16.5. The van der Waals surface area contributed by atoms with Gasteiger partial charge in [-0.05, 0) is 37.1 Å². The number of aromatic nitrogens is 1. The molecule has 1 aromatic heterocycles. The minimum absolute atomic E-state index is 0.0861. The summed E-state index contributed by atoms with van der Waals surface area (Å²) in [7, 11) is 0. The molecule has 1 aliphatic carbocycles. The Morgan fingerprint density at radius 3 is 2.68 bits per heavy atom. The summed E-state index contributed by atoms with van der Waals surface area (Å²) in [6.07, 6.45) is 7.48. The Balaban J connectivity index is 1.47. The molecule has 2 fully saturated rings. The summed E-state index contributed by atoms with van der Waals surface area (Å²) in [6.45, 7) is 3.25. The van der Waals surface area contributed by atoms with Gasteiger partial charge in [-0.3, -0.25) is 9.78 Å². The summed E-state index contributed by atoms with van der Waals surface area (Å²) in [6, 6.07) is 12.2. The van der Waals surface area contributed by atoms with Gasteiger partial charge in [-0.15, -0.1) is 0 Å². The first-order valence-electron chi connectivity index (χ1n) is 10.3. The number of ether oxygens (including phenoxy) is 1. The first-order chi connectivity index (χ1) is 13.8. The molecule has 148 valence electrons. The third-order valence-electron chi connectivity index (χ3n) is 5.47. The van der Waals surface area contributed by atoms with Crippen molar-refractivity contribution in [3.8, 4) is 0 Å². The predicted octanol–water partition coefficient (Wildman–Crippen LogP) is 3.72. The molecule has 1 saturated heterocycles. The molecule has 28 heavy (non-hydrogen) atoms. The molecule has 1 aliphatic heterocycles. The van der Waals surface area contributed by atoms with Crippen molar-refractivity contribution in [1.82, 2.24) is 10.3 Å². The van der Waals surface area contributed by atoms with E-state index in [9.17, 15) is 4.79 Å². The lowest BCUT2D eigenvalue weighted by atomic mass is 9.95. The highest BCUT2D eigenvalue weighted by Crippen LogP contribution is 2.29. The fraction of sp³-hybridized carbons (Fsp3) is 0.455. The largest absolute Gasteiger partial charge is 0.378 e. The van der Waals surface area contributed by atoms with Crippen LogP contribution in [0.4, 0.5) is 17.1 Å². The van der Waals surface area contributed by atoms with Gasteiger partial charge in [0.25, 0.3) is 5.91 Å². The number of nitrogens with one attached hydrogen (secondary N) is 2. The third kappa shape index (κ3) is 4.62. The van der Waals surface area contributed by atoms with Crippen LogP contribution >= 0.6 is 0 Å². The maximum absolute atomic E-state index is 12.6.